The van der Waals surface area contributed by atoms with Crippen molar-refractivity contribution in [3.05, 3.63) is 77.4 Å². The van der Waals surface area contributed by atoms with Crippen molar-refractivity contribution in [3.63, 3.8) is 0 Å². The quantitative estimate of drug-likeness (QED) is 0.586. The van der Waals surface area contributed by atoms with Crippen molar-refractivity contribution in [1.29, 1.82) is 0 Å². The van der Waals surface area contributed by atoms with E-state index in [1.165, 1.54) is 10.4 Å². The molecular formula is C26H29N3O2S. The Morgan fingerprint density at radius 3 is 2.59 bits per heavy atom. The normalized spacial score (nSPS) is 18.2. The van der Waals surface area contributed by atoms with Gasteiger partial charge in [-0.15, -0.1) is 11.3 Å². The number of nitrogens with zero attached hydrogens (tertiary/aromatic N) is 2. The van der Waals surface area contributed by atoms with Gasteiger partial charge in [-0.2, -0.15) is 0 Å². The minimum Gasteiger partial charge on any atom is -0.353 e. The van der Waals surface area contributed by atoms with E-state index in [0.717, 1.165) is 11.3 Å². The first-order chi connectivity index (χ1) is 15.4. The van der Waals surface area contributed by atoms with Crippen molar-refractivity contribution in [3.8, 4) is 10.4 Å². The summed E-state index contributed by atoms with van der Waals surface area (Å²) in [6.07, 6.45) is 3.24. The van der Waals surface area contributed by atoms with Crippen LogP contribution in [0.15, 0.2) is 66.2 Å². The lowest BCUT2D eigenvalue weighted by atomic mass is 9.79. The highest BCUT2D eigenvalue weighted by Crippen LogP contribution is 2.36. The number of amides is 2. The van der Waals surface area contributed by atoms with Crippen LogP contribution in [-0.4, -0.2) is 40.8 Å². The number of aromatic nitrogens is 1. The molecule has 3 heterocycles. The van der Waals surface area contributed by atoms with Gasteiger partial charge in [-0.3, -0.25) is 14.6 Å². The first-order valence-electron chi connectivity index (χ1n) is 11.1. The lowest BCUT2D eigenvalue weighted by Crippen LogP contribution is -2.47. The third-order valence-electron chi connectivity index (χ3n) is 5.97. The van der Waals surface area contributed by atoms with Gasteiger partial charge < -0.3 is 10.2 Å². The number of rotatable bonds is 7. The second kappa shape index (κ2) is 9.65. The minimum absolute atomic E-state index is 0.0240. The van der Waals surface area contributed by atoms with Crippen LogP contribution in [0.2, 0.25) is 0 Å². The number of pyridine rings is 1. The van der Waals surface area contributed by atoms with Gasteiger partial charge in [0.1, 0.15) is 0 Å². The average molecular weight is 448 g/mol. The molecule has 0 bridgehead atoms. The molecule has 0 spiro atoms. The Kier molecular flexibility index (Phi) is 6.70. The lowest BCUT2D eigenvalue weighted by molar-refractivity contribution is -0.133. The van der Waals surface area contributed by atoms with E-state index in [1.807, 2.05) is 43.0 Å². The summed E-state index contributed by atoms with van der Waals surface area (Å²) in [6, 6.07) is 18.3. The van der Waals surface area contributed by atoms with Crippen LogP contribution in [0.1, 0.15) is 31.5 Å². The van der Waals surface area contributed by atoms with E-state index in [-0.39, 0.29) is 24.3 Å². The van der Waals surface area contributed by atoms with Gasteiger partial charge in [0.05, 0.1) is 11.8 Å². The molecule has 1 aliphatic rings. The van der Waals surface area contributed by atoms with E-state index in [2.05, 4.69) is 46.0 Å². The van der Waals surface area contributed by atoms with Gasteiger partial charge in [-0.05, 0) is 61.4 Å². The molecule has 4 rings (SSSR count). The molecule has 1 aromatic carbocycles. The molecule has 166 valence electrons. The van der Waals surface area contributed by atoms with Gasteiger partial charge in [0.25, 0.3) is 0 Å². The van der Waals surface area contributed by atoms with Crippen LogP contribution in [0, 0.1) is 5.41 Å². The predicted octanol–water partition coefficient (Wildman–Crippen LogP) is 4.34. The number of likely N-dealkylation sites (tertiary alicyclic amines) is 1. The summed E-state index contributed by atoms with van der Waals surface area (Å²) in [6.45, 7) is 4.97. The van der Waals surface area contributed by atoms with Crippen LogP contribution in [0.25, 0.3) is 10.4 Å². The maximum atomic E-state index is 13.3. The molecule has 1 N–H and O–H groups in total. The van der Waals surface area contributed by atoms with Crippen LogP contribution in [0.4, 0.5) is 0 Å². The first-order valence-corrected chi connectivity index (χ1v) is 11.9. The number of hydrogen-bond donors (Lipinski definition) is 1. The molecule has 1 aliphatic heterocycles. The van der Waals surface area contributed by atoms with E-state index >= 15 is 0 Å². The highest BCUT2D eigenvalue weighted by Gasteiger charge is 2.46. The van der Waals surface area contributed by atoms with Gasteiger partial charge in [-0.1, -0.05) is 36.4 Å². The molecule has 0 aliphatic carbocycles. The zero-order valence-electron chi connectivity index (χ0n) is 18.6. The largest absolute Gasteiger partial charge is 0.353 e. The minimum atomic E-state index is -0.617. The molecular weight excluding hydrogens is 418 g/mol. The summed E-state index contributed by atoms with van der Waals surface area (Å²) >= 11 is 1.72. The smallest absolute Gasteiger partial charge is 0.228 e. The molecule has 6 heteroatoms. The number of nitrogens with one attached hydrogen (secondary N) is 1. The number of thiophene rings is 1. The standard InChI is InChI=1S/C26H29N3O2S/c1-19(2)28-25(31)26(17-20-8-10-21(11-9-20)23-7-5-15-32-23)12-14-29(18-26)24(30)16-22-6-3-4-13-27-22/h3-11,13,15,19H,12,14,16-18H2,1-2H3,(H,28,31)/t26-/m1/s1. The summed E-state index contributed by atoms with van der Waals surface area (Å²) < 4.78 is 0. The molecule has 3 aromatic rings. The lowest BCUT2D eigenvalue weighted by Gasteiger charge is -2.29. The van der Waals surface area contributed by atoms with Crippen molar-refractivity contribution in [2.45, 2.75) is 39.2 Å². The Hall–Kier alpha value is -2.99. The third kappa shape index (κ3) is 5.07. The Bertz CT molecular complexity index is 1050. The van der Waals surface area contributed by atoms with Gasteiger partial charge >= 0.3 is 0 Å². The van der Waals surface area contributed by atoms with Crippen molar-refractivity contribution in [1.82, 2.24) is 15.2 Å². The fourth-order valence-corrected chi connectivity index (χ4v) is 5.03. The van der Waals surface area contributed by atoms with Gasteiger partial charge in [-0.25, -0.2) is 0 Å². The fraction of sp³-hybridized carbons (Fsp3) is 0.346. The second-order valence-corrected chi connectivity index (χ2v) is 9.77. The maximum absolute atomic E-state index is 13.3. The van der Waals surface area contributed by atoms with E-state index in [4.69, 9.17) is 0 Å². The topological polar surface area (TPSA) is 62.3 Å². The van der Waals surface area contributed by atoms with Gasteiger partial charge in [0, 0.05) is 35.9 Å². The van der Waals surface area contributed by atoms with Crippen LogP contribution >= 0.6 is 11.3 Å². The molecule has 5 nitrogen and oxygen atoms in total. The Morgan fingerprint density at radius 2 is 1.94 bits per heavy atom. The monoisotopic (exact) mass is 447 g/mol. The van der Waals surface area contributed by atoms with E-state index in [9.17, 15) is 9.59 Å². The molecule has 2 aromatic heterocycles. The molecule has 0 saturated carbocycles. The summed E-state index contributed by atoms with van der Waals surface area (Å²) in [7, 11) is 0. The molecule has 1 saturated heterocycles. The van der Waals surface area contributed by atoms with Crippen LogP contribution in [0.5, 0.6) is 0 Å². The highest BCUT2D eigenvalue weighted by atomic mass is 32.1. The molecule has 1 atom stereocenters. The van der Waals surface area contributed by atoms with Crippen LogP contribution in [0.3, 0.4) is 0 Å². The summed E-state index contributed by atoms with van der Waals surface area (Å²) in [5, 5.41) is 5.17. The SMILES string of the molecule is CC(C)NC(=O)[C@@]1(Cc2ccc(-c3cccs3)cc2)CCN(C(=O)Cc2ccccn2)C1. The first kappa shape index (κ1) is 22.2. The molecule has 2 amide bonds. The summed E-state index contributed by atoms with van der Waals surface area (Å²) in [5.41, 5.74) is 2.44. The molecule has 0 radical (unpaired) electrons. The van der Waals surface area contributed by atoms with E-state index in [0.29, 0.717) is 25.9 Å². The zero-order chi connectivity index (χ0) is 22.6. The Morgan fingerprint density at radius 1 is 1.12 bits per heavy atom. The summed E-state index contributed by atoms with van der Waals surface area (Å²) in [4.78, 5) is 33.6. The van der Waals surface area contributed by atoms with Crippen LogP contribution in [-0.2, 0) is 22.4 Å². The zero-order valence-corrected chi connectivity index (χ0v) is 19.4. The Labute approximate surface area is 193 Å². The predicted molar refractivity (Wildman–Crippen MR) is 128 cm³/mol. The number of carbonyl (C=O) groups excluding carboxylic acids is 2. The number of hydrogen-bond acceptors (Lipinski definition) is 4. The van der Waals surface area contributed by atoms with Crippen LogP contribution < -0.4 is 5.32 Å². The molecule has 32 heavy (non-hydrogen) atoms. The van der Waals surface area contributed by atoms with E-state index in [1.54, 1.807) is 17.5 Å². The maximum Gasteiger partial charge on any atom is 0.228 e. The van der Waals surface area contributed by atoms with E-state index < -0.39 is 5.41 Å². The van der Waals surface area contributed by atoms with Crippen molar-refractivity contribution in [2.24, 2.45) is 5.41 Å². The third-order valence-corrected chi connectivity index (χ3v) is 6.89. The van der Waals surface area contributed by atoms with Crippen molar-refractivity contribution in [2.75, 3.05) is 13.1 Å². The van der Waals surface area contributed by atoms with Gasteiger partial charge in [0.15, 0.2) is 0 Å². The van der Waals surface area contributed by atoms with Crippen molar-refractivity contribution < 1.29 is 9.59 Å². The molecule has 0 unspecified atom stereocenters. The second-order valence-electron chi connectivity index (χ2n) is 8.82. The number of carbonyl (C=O) groups is 2. The number of benzene rings is 1. The highest BCUT2D eigenvalue weighted by molar-refractivity contribution is 7.13. The average Bonchev–Trinajstić information content (AvgIpc) is 3.46. The summed E-state index contributed by atoms with van der Waals surface area (Å²) in [5.74, 6) is 0.0546. The van der Waals surface area contributed by atoms with Crippen molar-refractivity contribution >= 4 is 23.2 Å². The fourth-order valence-electron chi connectivity index (χ4n) is 4.30. The molecule has 1 fully saturated rings. The Balaban J connectivity index is 1.51. The van der Waals surface area contributed by atoms with Gasteiger partial charge in [0.2, 0.25) is 11.8 Å².